The van der Waals surface area contributed by atoms with Gasteiger partial charge in [0, 0.05) is 25.9 Å². The molecule has 0 aliphatic heterocycles. The predicted octanol–water partition coefficient (Wildman–Crippen LogP) is 14.9. The zero-order valence-electron chi connectivity index (χ0n) is 45.5. The maximum Gasteiger partial charge on any atom is 0.219 e. The molecule has 0 radical (unpaired) electrons. The lowest BCUT2D eigenvalue weighted by molar-refractivity contribution is -0.121. The molecule has 4 aliphatic carbocycles. The zero-order valence-corrected chi connectivity index (χ0v) is 45.5. The Labute approximate surface area is 416 Å². The predicted molar refractivity (Wildman–Crippen MR) is 298 cm³/mol. The maximum atomic E-state index is 10.3. The molecule has 0 atom stereocenters. The molecule has 0 unspecified atom stereocenters. The molecule has 0 bridgehead atoms. The second kappa shape index (κ2) is 34.9. The molecule has 4 aromatic carbocycles. The zero-order chi connectivity index (χ0) is 51.0. The number of carbonyl (C=O) groups is 2. The van der Waals surface area contributed by atoms with Crippen molar-refractivity contribution >= 4 is 11.8 Å². The number of rotatable bonds is 4. The van der Waals surface area contributed by atoms with Crippen LogP contribution >= 0.6 is 0 Å². The number of allylic oxidation sites excluding steroid dienone is 8. The average molecular weight is 924 g/mol. The third-order valence-corrected chi connectivity index (χ3v) is 12.4. The van der Waals surface area contributed by atoms with Crippen LogP contribution in [0.3, 0.4) is 0 Å². The molecule has 4 aromatic rings. The van der Waals surface area contributed by atoms with Crippen LogP contribution in [0.4, 0.5) is 0 Å². The summed E-state index contributed by atoms with van der Waals surface area (Å²) in [7, 11) is 0. The molecular weight excluding hydrogens is 831 g/mol. The molecular formula is C63H93N3O2. The van der Waals surface area contributed by atoms with E-state index in [1.807, 2.05) is 34.6 Å². The topological polar surface area (TPSA) is 84.2 Å². The van der Waals surface area contributed by atoms with Crippen LogP contribution in [0.1, 0.15) is 168 Å². The van der Waals surface area contributed by atoms with Gasteiger partial charge in [-0.1, -0.05) is 183 Å². The third-order valence-electron chi connectivity index (χ3n) is 12.4. The number of carbonyl (C=O) groups excluding carboxylic acids is 2. The highest BCUT2D eigenvalue weighted by atomic mass is 16.2. The Bertz CT molecular complexity index is 1820. The Balaban J connectivity index is 0.000000404. The minimum Gasteiger partial charge on any atom is -0.356 e. The first-order valence-corrected chi connectivity index (χ1v) is 25.6. The molecule has 0 spiro atoms. The van der Waals surface area contributed by atoms with E-state index < -0.39 is 0 Å². The summed E-state index contributed by atoms with van der Waals surface area (Å²) in [6, 6.07) is 35.0. The van der Waals surface area contributed by atoms with Gasteiger partial charge in [0.2, 0.25) is 11.8 Å². The average Bonchev–Trinajstić information content (AvgIpc) is 3.32. The minimum absolute atomic E-state index is 0.127. The summed E-state index contributed by atoms with van der Waals surface area (Å²) in [5.74, 6) is 0.255. The lowest BCUT2D eigenvalue weighted by atomic mass is 9.88. The monoisotopic (exact) mass is 924 g/mol. The van der Waals surface area contributed by atoms with Gasteiger partial charge in [-0.2, -0.15) is 0 Å². The summed E-state index contributed by atoms with van der Waals surface area (Å²) in [6.07, 6.45) is 11.7. The van der Waals surface area contributed by atoms with Crippen molar-refractivity contribution in [2.75, 3.05) is 19.6 Å². The molecule has 0 aromatic heterocycles. The molecule has 4 N–H and O–H groups in total. The van der Waals surface area contributed by atoms with Gasteiger partial charge in [0.25, 0.3) is 0 Å². The van der Waals surface area contributed by atoms with E-state index in [1.54, 1.807) is 44.6 Å². The summed E-state index contributed by atoms with van der Waals surface area (Å²) in [4.78, 5) is 20.6. The first kappa shape index (κ1) is 60.8. The molecule has 5 nitrogen and oxygen atoms in total. The van der Waals surface area contributed by atoms with Crippen molar-refractivity contribution in [2.24, 2.45) is 5.73 Å². The van der Waals surface area contributed by atoms with Gasteiger partial charge in [-0.25, -0.2) is 0 Å². The highest BCUT2D eigenvalue weighted by Crippen LogP contribution is 2.28. The summed E-state index contributed by atoms with van der Waals surface area (Å²) in [5, 5.41) is 5.31. The van der Waals surface area contributed by atoms with Crippen molar-refractivity contribution < 1.29 is 9.59 Å². The summed E-state index contributed by atoms with van der Waals surface area (Å²) >= 11 is 0. The molecule has 68 heavy (non-hydrogen) atoms. The standard InChI is InChI=1S/4C12H14.2C5H11NO.C3H8.C2H7N/c4*1-9-7-11-5-3-4-6-12(11)8-10(9)2;2*1-3-5(7)6-4-2;1-3-2;1-2-3/h4*3-6H,7-8H2,1-2H3;2*3-4H2,1-2H3,(H,6,7);3H2,1-2H3;2-3H2,1H3. The van der Waals surface area contributed by atoms with E-state index in [0.29, 0.717) is 12.8 Å². The normalized spacial score (nSPS) is 13.6. The van der Waals surface area contributed by atoms with Gasteiger partial charge in [-0.05, 0) is 172 Å². The Hall–Kier alpha value is -5.26. The molecule has 372 valence electrons. The van der Waals surface area contributed by atoms with Crippen LogP contribution in [0.2, 0.25) is 0 Å². The van der Waals surface area contributed by atoms with Crippen molar-refractivity contribution in [1.82, 2.24) is 10.6 Å². The first-order chi connectivity index (χ1) is 32.5. The number of amides is 2. The highest BCUT2D eigenvalue weighted by Gasteiger charge is 2.14. The number of nitrogens with two attached hydrogens (primary N) is 1. The summed E-state index contributed by atoms with van der Waals surface area (Å²) in [5.41, 5.74) is 29.4. The Morgan fingerprint density at radius 3 is 0.574 bits per heavy atom. The smallest absolute Gasteiger partial charge is 0.219 e. The Morgan fingerprint density at radius 2 is 0.485 bits per heavy atom. The molecule has 8 rings (SSSR count). The third kappa shape index (κ3) is 23.2. The van der Waals surface area contributed by atoms with Gasteiger partial charge in [0.05, 0.1) is 0 Å². The molecule has 5 heteroatoms. The van der Waals surface area contributed by atoms with Crippen LogP contribution in [0.15, 0.2) is 142 Å². The van der Waals surface area contributed by atoms with Crippen molar-refractivity contribution in [3.8, 4) is 0 Å². The lowest BCUT2D eigenvalue weighted by Crippen LogP contribution is -2.20. The molecule has 0 saturated heterocycles. The van der Waals surface area contributed by atoms with Gasteiger partial charge >= 0.3 is 0 Å². The maximum absolute atomic E-state index is 10.3. The number of hydrogen-bond donors (Lipinski definition) is 3. The van der Waals surface area contributed by atoms with Crippen LogP contribution in [-0.4, -0.2) is 31.4 Å². The second-order valence-corrected chi connectivity index (χ2v) is 18.5. The van der Waals surface area contributed by atoms with E-state index in [1.165, 1.54) is 50.9 Å². The van der Waals surface area contributed by atoms with E-state index in [2.05, 4.69) is 177 Å². The fourth-order valence-electron chi connectivity index (χ4n) is 7.75. The van der Waals surface area contributed by atoms with Crippen LogP contribution in [0.25, 0.3) is 0 Å². The van der Waals surface area contributed by atoms with Crippen LogP contribution in [0.5, 0.6) is 0 Å². The Morgan fingerprint density at radius 1 is 0.353 bits per heavy atom. The van der Waals surface area contributed by atoms with Crippen LogP contribution in [0, 0.1) is 0 Å². The largest absolute Gasteiger partial charge is 0.356 e. The van der Waals surface area contributed by atoms with E-state index >= 15 is 0 Å². The highest BCUT2D eigenvalue weighted by molar-refractivity contribution is 5.75. The van der Waals surface area contributed by atoms with Gasteiger partial charge < -0.3 is 16.4 Å². The van der Waals surface area contributed by atoms with Gasteiger partial charge in [0.15, 0.2) is 0 Å². The molecule has 2 amide bonds. The molecule has 0 fully saturated rings. The summed E-state index contributed by atoms with van der Waals surface area (Å²) in [6.45, 7) is 33.8. The van der Waals surface area contributed by atoms with E-state index in [9.17, 15) is 9.59 Å². The van der Waals surface area contributed by atoms with Crippen LogP contribution < -0.4 is 16.4 Å². The fourth-order valence-corrected chi connectivity index (χ4v) is 7.75. The van der Waals surface area contributed by atoms with Crippen molar-refractivity contribution in [3.63, 3.8) is 0 Å². The van der Waals surface area contributed by atoms with Gasteiger partial charge in [-0.15, -0.1) is 0 Å². The number of hydrogen-bond acceptors (Lipinski definition) is 3. The summed E-state index contributed by atoms with van der Waals surface area (Å²) < 4.78 is 0. The SMILES string of the molecule is CC1=C(C)Cc2ccccc2C1.CC1=C(C)Cc2ccccc2C1.CC1=C(C)Cc2ccccc2C1.CC1=C(C)Cc2ccccc2C1.CCC.CCN.CCNC(=O)CC.CCNC(=O)CC. The number of fused-ring (bicyclic) bond motifs is 4. The second-order valence-electron chi connectivity index (χ2n) is 18.5. The molecule has 0 heterocycles. The minimum atomic E-state index is 0.127. The van der Waals surface area contributed by atoms with Crippen molar-refractivity contribution in [3.05, 3.63) is 186 Å². The van der Waals surface area contributed by atoms with E-state index in [-0.39, 0.29) is 11.8 Å². The number of nitrogens with one attached hydrogen (secondary N) is 2. The first-order valence-electron chi connectivity index (χ1n) is 25.6. The molecule has 4 aliphatic rings. The molecule has 0 saturated carbocycles. The van der Waals surface area contributed by atoms with E-state index in [0.717, 1.165) is 71.0 Å². The van der Waals surface area contributed by atoms with Crippen molar-refractivity contribution in [1.29, 1.82) is 0 Å². The van der Waals surface area contributed by atoms with E-state index in [4.69, 9.17) is 5.73 Å². The van der Waals surface area contributed by atoms with Gasteiger partial charge in [0.1, 0.15) is 0 Å². The van der Waals surface area contributed by atoms with Crippen LogP contribution in [-0.2, 0) is 61.0 Å². The van der Waals surface area contributed by atoms with Gasteiger partial charge in [-0.3, -0.25) is 9.59 Å². The van der Waals surface area contributed by atoms with Crippen molar-refractivity contribution in [2.45, 2.75) is 174 Å². The lowest BCUT2D eigenvalue weighted by Gasteiger charge is -2.18. The fraction of sp³-hybridized carbons (Fsp3) is 0.460. The number of benzene rings is 4. The Kier molecular flexibility index (Phi) is 31.2. The quantitative estimate of drug-likeness (QED) is 0.178.